The fourth-order valence-corrected chi connectivity index (χ4v) is 0.479. The third kappa shape index (κ3) is 25.8. The molecular formula is C8H23N3. The van der Waals surface area contributed by atoms with Gasteiger partial charge in [0, 0.05) is 13.1 Å². The quantitative estimate of drug-likeness (QED) is 0.568. The molecule has 0 spiro atoms. The summed E-state index contributed by atoms with van der Waals surface area (Å²) < 4.78 is 0. The molecule has 0 aliphatic carbocycles. The maximum atomic E-state index is 3.24. The largest absolute Gasteiger partial charge is 0.323 e. The van der Waals surface area contributed by atoms with Gasteiger partial charge in [0.2, 0.25) is 0 Å². The molecule has 3 heteroatoms. The van der Waals surface area contributed by atoms with E-state index in [1.165, 1.54) is 0 Å². The lowest BCUT2D eigenvalue weighted by Gasteiger charge is -2.08. The molecular weight excluding hydrogens is 138 g/mol. The van der Waals surface area contributed by atoms with Crippen molar-refractivity contribution in [3.8, 4) is 0 Å². The lowest BCUT2D eigenvalue weighted by atomic mass is 10.5. The topological polar surface area (TPSA) is 27.3 Å². The third-order valence-corrected chi connectivity index (χ3v) is 0.986. The number of rotatable bonds is 4. The first-order valence-electron chi connectivity index (χ1n) is 4.12. The smallest absolute Gasteiger partial charge is 0.0101 e. The highest BCUT2D eigenvalue weighted by molar-refractivity contribution is 4.45. The summed E-state index contributed by atoms with van der Waals surface area (Å²) in [5.41, 5.74) is 0. The number of likely N-dealkylation sites (N-methyl/N-ethyl adjacent to an activating group) is 2. The summed E-state index contributed by atoms with van der Waals surface area (Å²) in [6, 6.07) is 0. The summed E-state index contributed by atoms with van der Waals surface area (Å²) in [7, 11) is 7.91. The second kappa shape index (κ2) is 12.5. The van der Waals surface area contributed by atoms with Crippen LogP contribution >= 0.6 is 0 Å². The van der Waals surface area contributed by atoms with Crippen LogP contribution in [0.5, 0.6) is 0 Å². The van der Waals surface area contributed by atoms with Gasteiger partial charge in [-0.2, -0.15) is 0 Å². The van der Waals surface area contributed by atoms with E-state index in [1.54, 1.807) is 0 Å². The minimum absolute atomic E-state index is 1.08. The fourth-order valence-electron chi connectivity index (χ4n) is 0.479. The van der Waals surface area contributed by atoms with E-state index in [2.05, 4.69) is 36.6 Å². The van der Waals surface area contributed by atoms with Crippen LogP contribution in [0.1, 0.15) is 6.92 Å². The maximum Gasteiger partial charge on any atom is 0.0101 e. The van der Waals surface area contributed by atoms with Crippen LogP contribution in [-0.4, -0.2) is 52.7 Å². The highest BCUT2D eigenvalue weighted by Gasteiger charge is 1.84. The normalized spacial score (nSPS) is 9.27. The number of nitrogens with zero attached hydrogens (tertiary/aromatic N) is 1. The van der Waals surface area contributed by atoms with Crippen molar-refractivity contribution in [1.82, 2.24) is 15.5 Å². The number of nitrogens with one attached hydrogen (secondary N) is 2. The predicted molar refractivity (Wildman–Crippen MR) is 52.1 cm³/mol. The van der Waals surface area contributed by atoms with E-state index in [9.17, 15) is 0 Å². The summed E-state index contributed by atoms with van der Waals surface area (Å²) in [6.45, 7) is 5.43. The van der Waals surface area contributed by atoms with Gasteiger partial charge in [-0.05, 0) is 34.7 Å². The lowest BCUT2D eigenvalue weighted by Crippen LogP contribution is -2.26. The molecule has 0 aromatic heterocycles. The van der Waals surface area contributed by atoms with Gasteiger partial charge in [0.25, 0.3) is 0 Å². The van der Waals surface area contributed by atoms with Crippen molar-refractivity contribution in [3.05, 3.63) is 0 Å². The molecule has 3 nitrogen and oxygen atoms in total. The van der Waals surface area contributed by atoms with Gasteiger partial charge in [-0.25, -0.2) is 0 Å². The molecule has 0 bridgehead atoms. The Morgan fingerprint density at radius 3 is 1.91 bits per heavy atom. The summed E-state index contributed by atoms with van der Waals surface area (Å²) in [4.78, 5) is 2.17. The molecule has 0 aromatic rings. The molecule has 11 heavy (non-hydrogen) atoms. The molecule has 0 unspecified atom stereocenters. The molecule has 0 rings (SSSR count). The molecule has 0 aliphatic heterocycles. The van der Waals surface area contributed by atoms with Crippen molar-refractivity contribution in [3.63, 3.8) is 0 Å². The van der Waals surface area contributed by atoms with E-state index in [0.29, 0.717) is 0 Å². The van der Waals surface area contributed by atoms with Crippen LogP contribution in [0, 0.1) is 0 Å². The Morgan fingerprint density at radius 1 is 1.18 bits per heavy atom. The van der Waals surface area contributed by atoms with Gasteiger partial charge < -0.3 is 15.5 Å². The van der Waals surface area contributed by atoms with Gasteiger partial charge in [0.1, 0.15) is 0 Å². The first kappa shape index (κ1) is 13.5. The van der Waals surface area contributed by atoms with Crippen molar-refractivity contribution in [1.29, 1.82) is 0 Å². The molecule has 0 radical (unpaired) electrons. The minimum Gasteiger partial charge on any atom is -0.323 e. The molecule has 0 saturated carbocycles. The zero-order chi connectivity index (χ0) is 9.11. The summed E-state index contributed by atoms with van der Waals surface area (Å²) >= 11 is 0. The standard InChI is InChI=1S/C6H16N2.C2H7N/c1-4-7-5-6-8(2)3;1-3-2/h7H,4-6H2,1-3H3;3H,1-2H3. The monoisotopic (exact) mass is 161 g/mol. The zero-order valence-corrected chi connectivity index (χ0v) is 8.57. The van der Waals surface area contributed by atoms with Crippen molar-refractivity contribution in [2.45, 2.75) is 6.92 Å². The van der Waals surface area contributed by atoms with Crippen LogP contribution in [0.4, 0.5) is 0 Å². The van der Waals surface area contributed by atoms with Gasteiger partial charge in [0.15, 0.2) is 0 Å². The van der Waals surface area contributed by atoms with Crippen LogP contribution in [0.25, 0.3) is 0 Å². The van der Waals surface area contributed by atoms with E-state index < -0.39 is 0 Å². The van der Waals surface area contributed by atoms with Gasteiger partial charge in [-0.1, -0.05) is 6.92 Å². The molecule has 0 aromatic carbocycles. The van der Waals surface area contributed by atoms with E-state index in [1.807, 2.05) is 14.1 Å². The van der Waals surface area contributed by atoms with E-state index >= 15 is 0 Å². The molecule has 0 saturated heterocycles. The average Bonchev–Trinajstić information content (AvgIpc) is 1.89. The van der Waals surface area contributed by atoms with E-state index in [0.717, 1.165) is 19.6 Å². The van der Waals surface area contributed by atoms with Gasteiger partial charge in [0.05, 0.1) is 0 Å². The Morgan fingerprint density at radius 2 is 1.64 bits per heavy atom. The van der Waals surface area contributed by atoms with Gasteiger partial charge >= 0.3 is 0 Å². The second-order valence-electron chi connectivity index (χ2n) is 2.66. The van der Waals surface area contributed by atoms with Crippen LogP contribution < -0.4 is 10.6 Å². The maximum absolute atomic E-state index is 3.24. The predicted octanol–water partition coefficient (Wildman–Crippen LogP) is -0.00690. The molecule has 0 heterocycles. The Kier molecular flexibility index (Phi) is 15.4. The third-order valence-electron chi connectivity index (χ3n) is 0.986. The molecule has 0 amide bonds. The highest BCUT2D eigenvalue weighted by Crippen LogP contribution is 1.68. The number of hydrogen-bond acceptors (Lipinski definition) is 3. The molecule has 2 N–H and O–H groups in total. The average molecular weight is 161 g/mol. The summed E-state index contributed by atoms with van der Waals surface area (Å²) in [6.07, 6.45) is 0. The minimum atomic E-state index is 1.08. The Labute approximate surface area is 71.2 Å². The van der Waals surface area contributed by atoms with Crippen LogP contribution in [0.15, 0.2) is 0 Å². The van der Waals surface area contributed by atoms with Crippen molar-refractivity contribution >= 4 is 0 Å². The van der Waals surface area contributed by atoms with Gasteiger partial charge in [-0.3, -0.25) is 0 Å². The SMILES string of the molecule is CCNCCN(C)C.CNC. The first-order valence-corrected chi connectivity index (χ1v) is 4.12. The molecule has 70 valence electrons. The summed E-state index contributed by atoms with van der Waals surface area (Å²) in [5.74, 6) is 0. The molecule has 0 aliphatic rings. The molecule has 0 fully saturated rings. The Bertz CT molecular complexity index is 55.3. The van der Waals surface area contributed by atoms with Crippen LogP contribution in [-0.2, 0) is 0 Å². The van der Waals surface area contributed by atoms with Crippen molar-refractivity contribution in [2.24, 2.45) is 0 Å². The Balaban J connectivity index is 0. The highest BCUT2D eigenvalue weighted by atomic mass is 15.1. The Hall–Kier alpha value is -0.120. The van der Waals surface area contributed by atoms with Crippen LogP contribution in [0.2, 0.25) is 0 Å². The first-order chi connectivity index (χ1) is 5.18. The molecule has 0 atom stereocenters. The van der Waals surface area contributed by atoms with E-state index in [4.69, 9.17) is 0 Å². The fraction of sp³-hybridized carbons (Fsp3) is 1.00. The van der Waals surface area contributed by atoms with Crippen molar-refractivity contribution < 1.29 is 0 Å². The second-order valence-corrected chi connectivity index (χ2v) is 2.66. The van der Waals surface area contributed by atoms with Gasteiger partial charge in [-0.15, -0.1) is 0 Å². The van der Waals surface area contributed by atoms with Crippen LogP contribution in [0.3, 0.4) is 0 Å². The zero-order valence-electron chi connectivity index (χ0n) is 8.57. The summed E-state index contributed by atoms with van der Waals surface area (Å²) in [5, 5.41) is 5.99. The number of hydrogen-bond donors (Lipinski definition) is 2. The lowest BCUT2D eigenvalue weighted by molar-refractivity contribution is 0.402. The van der Waals surface area contributed by atoms with E-state index in [-0.39, 0.29) is 0 Å². The van der Waals surface area contributed by atoms with Crippen molar-refractivity contribution in [2.75, 3.05) is 47.8 Å².